The highest BCUT2D eigenvalue weighted by atomic mass is 32.2. The summed E-state index contributed by atoms with van der Waals surface area (Å²) < 4.78 is 5.16. The highest BCUT2D eigenvalue weighted by molar-refractivity contribution is 7.99. The van der Waals surface area contributed by atoms with E-state index in [9.17, 15) is 9.59 Å². The SMILES string of the molecule is O=C(O)COc1ccccc1NC(=O)CC1CSCCN1. The molecule has 1 aliphatic heterocycles. The molecule has 114 valence electrons. The number of carbonyl (C=O) groups is 2. The Kier molecular flexibility index (Phi) is 5.89. The molecule has 0 saturated carbocycles. The van der Waals surface area contributed by atoms with Gasteiger partial charge in [-0.15, -0.1) is 0 Å². The topological polar surface area (TPSA) is 87.7 Å². The number of ether oxygens (including phenoxy) is 1. The molecule has 21 heavy (non-hydrogen) atoms. The Morgan fingerprint density at radius 3 is 2.95 bits per heavy atom. The minimum atomic E-state index is -1.06. The quantitative estimate of drug-likeness (QED) is 0.731. The smallest absolute Gasteiger partial charge is 0.341 e. The average molecular weight is 310 g/mol. The number of aliphatic carboxylic acids is 1. The van der Waals surface area contributed by atoms with Crippen molar-refractivity contribution in [2.45, 2.75) is 12.5 Å². The maximum absolute atomic E-state index is 12.0. The molecular weight excluding hydrogens is 292 g/mol. The van der Waals surface area contributed by atoms with Crippen molar-refractivity contribution in [2.75, 3.05) is 30.0 Å². The van der Waals surface area contributed by atoms with Crippen molar-refractivity contribution >= 4 is 29.3 Å². The van der Waals surface area contributed by atoms with E-state index in [1.807, 2.05) is 11.8 Å². The van der Waals surface area contributed by atoms with Gasteiger partial charge in [0.25, 0.3) is 0 Å². The normalized spacial score (nSPS) is 18.0. The predicted octanol–water partition coefficient (Wildman–Crippen LogP) is 1.18. The molecule has 1 atom stereocenters. The third-order valence-electron chi connectivity index (χ3n) is 2.94. The van der Waals surface area contributed by atoms with Gasteiger partial charge in [-0.2, -0.15) is 11.8 Å². The van der Waals surface area contributed by atoms with Crippen molar-refractivity contribution in [2.24, 2.45) is 0 Å². The Bertz CT molecular complexity index is 504. The molecule has 0 aromatic heterocycles. The number of carboxylic acids is 1. The minimum Gasteiger partial charge on any atom is -0.480 e. The Labute approximate surface area is 127 Å². The van der Waals surface area contributed by atoms with E-state index in [2.05, 4.69) is 10.6 Å². The molecule has 1 heterocycles. The molecule has 1 amide bonds. The Morgan fingerprint density at radius 2 is 2.24 bits per heavy atom. The van der Waals surface area contributed by atoms with Crippen LogP contribution in [0.25, 0.3) is 0 Å². The van der Waals surface area contributed by atoms with Crippen LogP contribution in [0.5, 0.6) is 5.75 Å². The predicted molar refractivity (Wildman–Crippen MR) is 81.9 cm³/mol. The molecule has 1 fully saturated rings. The number of anilines is 1. The summed E-state index contributed by atoms with van der Waals surface area (Å²) in [6.07, 6.45) is 0.389. The summed E-state index contributed by atoms with van der Waals surface area (Å²) in [5.41, 5.74) is 0.493. The van der Waals surface area contributed by atoms with Crippen LogP contribution in [0, 0.1) is 0 Å². The van der Waals surface area contributed by atoms with E-state index in [0.717, 1.165) is 18.1 Å². The number of nitrogens with one attached hydrogen (secondary N) is 2. The van der Waals surface area contributed by atoms with Crippen LogP contribution in [0.1, 0.15) is 6.42 Å². The number of hydrogen-bond acceptors (Lipinski definition) is 5. The summed E-state index contributed by atoms with van der Waals surface area (Å²) in [5, 5.41) is 14.7. The second-order valence-electron chi connectivity index (χ2n) is 4.66. The molecule has 6 nitrogen and oxygen atoms in total. The highest BCUT2D eigenvalue weighted by Gasteiger charge is 2.17. The molecule has 2 rings (SSSR count). The summed E-state index contributed by atoms with van der Waals surface area (Å²) >= 11 is 1.83. The van der Waals surface area contributed by atoms with Crippen LogP contribution in [0.4, 0.5) is 5.69 Å². The van der Waals surface area contributed by atoms with Gasteiger partial charge in [0.05, 0.1) is 5.69 Å². The van der Waals surface area contributed by atoms with Crippen LogP contribution in [0.15, 0.2) is 24.3 Å². The zero-order valence-corrected chi connectivity index (χ0v) is 12.3. The molecule has 1 aromatic rings. The van der Waals surface area contributed by atoms with E-state index in [1.54, 1.807) is 24.3 Å². The number of carbonyl (C=O) groups excluding carboxylic acids is 1. The fourth-order valence-corrected chi connectivity index (χ4v) is 2.96. The minimum absolute atomic E-state index is 0.110. The van der Waals surface area contributed by atoms with E-state index >= 15 is 0 Å². The first-order valence-electron chi connectivity index (χ1n) is 6.70. The van der Waals surface area contributed by atoms with Gasteiger partial charge in [0, 0.05) is 30.5 Å². The maximum atomic E-state index is 12.0. The molecule has 1 saturated heterocycles. The first-order chi connectivity index (χ1) is 10.1. The zero-order valence-electron chi connectivity index (χ0n) is 11.5. The molecule has 0 aliphatic carbocycles. The van der Waals surface area contributed by atoms with E-state index in [-0.39, 0.29) is 11.9 Å². The maximum Gasteiger partial charge on any atom is 0.341 e. The summed E-state index contributed by atoms with van der Waals surface area (Å²) in [5.74, 6) is 1.19. The Balaban J connectivity index is 1.91. The van der Waals surface area contributed by atoms with Crippen molar-refractivity contribution in [3.8, 4) is 5.75 Å². The van der Waals surface area contributed by atoms with Gasteiger partial charge in [-0.25, -0.2) is 4.79 Å². The first kappa shape index (κ1) is 15.7. The number of thioether (sulfide) groups is 1. The van der Waals surface area contributed by atoms with E-state index in [1.165, 1.54) is 0 Å². The van der Waals surface area contributed by atoms with Crippen LogP contribution in [0.2, 0.25) is 0 Å². The Hall–Kier alpha value is -1.73. The van der Waals surface area contributed by atoms with E-state index in [0.29, 0.717) is 17.9 Å². The van der Waals surface area contributed by atoms with Gasteiger partial charge in [0.1, 0.15) is 5.75 Å². The lowest BCUT2D eigenvalue weighted by Gasteiger charge is -2.22. The summed E-state index contributed by atoms with van der Waals surface area (Å²) in [4.78, 5) is 22.6. The fraction of sp³-hybridized carbons (Fsp3) is 0.429. The van der Waals surface area contributed by atoms with Crippen LogP contribution < -0.4 is 15.4 Å². The third kappa shape index (κ3) is 5.28. The second-order valence-corrected chi connectivity index (χ2v) is 5.81. The lowest BCUT2D eigenvalue weighted by molar-refractivity contribution is -0.139. The highest BCUT2D eigenvalue weighted by Crippen LogP contribution is 2.24. The van der Waals surface area contributed by atoms with Crippen molar-refractivity contribution in [3.63, 3.8) is 0 Å². The first-order valence-corrected chi connectivity index (χ1v) is 7.85. The molecular formula is C14H18N2O4S. The summed E-state index contributed by atoms with van der Waals surface area (Å²) in [7, 11) is 0. The van der Waals surface area contributed by atoms with Crippen molar-refractivity contribution in [1.29, 1.82) is 0 Å². The van der Waals surface area contributed by atoms with Crippen molar-refractivity contribution in [3.05, 3.63) is 24.3 Å². The number of rotatable bonds is 6. The number of benzene rings is 1. The number of hydrogen-bond donors (Lipinski definition) is 3. The van der Waals surface area contributed by atoms with Gasteiger partial charge in [0.2, 0.25) is 5.91 Å². The molecule has 1 aliphatic rings. The van der Waals surface area contributed by atoms with Gasteiger partial charge >= 0.3 is 5.97 Å². The molecule has 1 unspecified atom stereocenters. The lowest BCUT2D eigenvalue weighted by atomic mass is 10.2. The molecule has 7 heteroatoms. The van der Waals surface area contributed by atoms with Crippen LogP contribution in [-0.4, -0.2) is 47.7 Å². The summed E-state index contributed by atoms with van der Waals surface area (Å²) in [6.45, 7) is 0.481. The van der Waals surface area contributed by atoms with E-state index < -0.39 is 12.6 Å². The third-order valence-corrected chi connectivity index (χ3v) is 4.07. The fourth-order valence-electron chi connectivity index (χ4n) is 2.01. The van der Waals surface area contributed by atoms with Crippen molar-refractivity contribution < 1.29 is 19.4 Å². The lowest BCUT2D eigenvalue weighted by Crippen LogP contribution is -2.39. The van der Waals surface area contributed by atoms with Gasteiger partial charge < -0.3 is 20.5 Å². The number of para-hydroxylation sites is 2. The Morgan fingerprint density at radius 1 is 1.43 bits per heavy atom. The van der Waals surface area contributed by atoms with Crippen LogP contribution >= 0.6 is 11.8 Å². The zero-order chi connectivity index (χ0) is 15.1. The van der Waals surface area contributed by atoms with E-state index in [4.69, 9.17) is 9.84 Å². The monoisotopic (exact) mass is 310 g/mol. The number of amides is 1. The van der Waals surface area contributed by atoms with Gasteiger partial charge in [-0.1, -0.05) is 12.1 Å². The van der Waals surface area contributed by atoms with Crippen molar-refractivity contribution in [1.82, 2.24) is 5.32 Å². The largest absolute Gasteiger partial charge is 0.480 e. The number of carboxylic acid groups (broad SMARTS) is 1. The summed E-state index contributed by atoms with van der Waals surface area (Å²) in [6, 6.07) is 6.99. The second kappa shape index (κ2) is 7.90. The average Bonchev–Trinajstić information content (AvgIpc) is 2.47. The van der Waals surface area contributed by atoms with Gasteiger partial charge in [-0.3, -0.25) is 4.79 Å². The standard InChI is InChI=1S/C14H18N2O4S/c17-13(7-10-9-21-6-5-15-10)16-11-3-1-2-4-12(11)20-8-14(18)19/h1-4,10,15H,5-9H2,(H,16,17)(H,18,19). The molecule has 3 N–H and O–H groups in total. The van der Waals surface area contributed by atoms with Gasteiger partial charge in [0.15, 0.2) is 6.61 Å². The molecule has 0 spiro atoms. The molecule has 0 radical (unpaired) electrons. The molecule has 1 aromatic carbocycles. The van der Waals surface area contributed by atoms with Crippen LogP contribution in [0.3, 0.4) is 0 Å². The van der Waals surface area contributed by atoms with Crippen LogP contribution in [-0.2, 0) is 9.59 Å². The molecule has 0 bridgehead atoms. The van der Waals surface area contributed by atoms with Gasteiger partial charge in [-0.05, 0) is 12.1 Å².